The van der Waals surface area contributed by atoms with Crippen LogP contribution in [0.2, 0.25) is 0 Å². The fraction of sp³-hybridized carbons (Fsp3) is 0.0625. The first kappa shape index (κ1) is 13.1. The Morgan fingerprint density at radius 2 is 2.05 bits per heavy atom. The number of fused-ring (bicyclic) bond motifs is 1. The van der Waals surface area contributed by atoms with Crippen molar-refractivity contribution in [3.05, 3.63) is 70.1 Å². The normalized spacial score (nSPS) is 10.9. The van der Waals surface area contributed by atoms with Gasteiger partial charge in [-0.2, -0.15) is 0 Å². The molecular weight excluding hydrogens is 321 g/mol. The second kappa shape index (κ2) is 5.21. The van der Waals surface area contributed by atoms with Crippen LogP contribution in [0.25, 0.3) is 10.9 Å². The first-order valence-electron chi connectivity index (χ1n) is 6.16. The highest BCUT2D eigenvalue weighted by Crippen LogP contribution is 2.24. The van der Waals surface area contributed by atoms with E-state index < -0.39 is 0 Å². The van der Waals surface area contributed by atoms with Crippen LogP contribution in [0.5, 0.6) is 0 Å². The third kappa shape index (κ3) is 2.27. The van der Waals surface area contributed by atoms with E-state index in [1.54, 1.807) is 12.1 Å². The van der Waals surface area contributed by atoms with Crippen LogP contribution in [0.1, 0.15) is 15.9 Å². The summed E-state index contributed by atoms with van der Waals surface area (Å²) in [6, 6.07) is 12.5. The van der Waals surface area contributed by atoms with Gasteiger partial charge in [0.2, 0.25) is 0 Å². The highest BCUT2D eigenvalue weighted by atomic mass is 79.9. The number of rotatable bonds is 3. The molecule has 100 valence electrons. The number of carbonyl (C=O) groups excluding carboxylic acids is 1. The number of aldehydes is 1. The Kier molecular flexibility index (Phi) is 3.40. The fourth-order valence-corrected chi connectivity index (χ4v) is 2.66. The molecule has 0 atom stereocenters. The molecule has 0 fully saturated rings. The first-order valence-corrected chi connectivity index (χ1v) is 6.95. The van der Waals surface area contributed by atoms with Crippen LogP contribution in [-0.4, -0.2) is 10.9 Å². The second-order valence-corrected chi connectivity index (χ2v) is 5.39. The second-order valence-electron chi connectivity index (χ2n) is 4.59. The summed E-state index contributed by atoms with van der Waals surface area (Å²) < 4.78 is 16.0. The summed E-state index contributed by atoms with van der Waals surface area (Å²) in [5.74, 6) is -0.271. The summed E-state index contributed by atoms with van der Waals surface area (Å²) in [7, 11) is 0. The van der Waals surface area contributed by atoms with Gasteiger partial charge in [0.1, 0.15) is 12.1 Å². The SMILES string of the molecule is O=Cc1ccc2ccn(Cc3cccc(F)c3Br)c2c1. The summed E-state index contributed by atoms with van der Waals surface area (Å²) in [4.78, 5) is 10.9. The first-order chi connectivity index (χ1) is 9.69. The van der Waals surface area contributed by atoms with Gasteiger partial charge in [0.05, 0.1) is 4.47 Å². The van der Waals surface area contributed by atoms with Crippen molar-refractivity contribution in [2.75, 3.05) is 0 Å². The summed E-state index contributed by atoms with van der Waals surface area (Å²) in [6.45, 7) is 0.546. The van der Waals surface area contributed by atoms with Gasteiger partial charge in [0, 0.05) is 23.8 Å². The zero-order valence-corrected chi connectivity index (χ0v) is 12.1. The fourth-order valence-electron chi connectivity index (χ4n) is 2.27. The lowest BCUT2D eigenvalue weighted by molar-refractivity contribution is 0.112. The van der Waals surface area contributed by atoms with Crippen molar-refractivity contribution in [2.24, 2.45) is 0 Å². The van der Waals surface area contributed by atoms with Crippen LogP contribution in [0.3, 0.4) is 0 Å². The topological polar surface area (TPSA) is 22.0 Å². The molecule has 0 unspecified atom stereocenters. The van der Waals surface area contributed by atoms with E-state index in [0.717, 1.165) is 22.8 Å². The molecule has 0 aliphatic heterocycles. The van der Waals surface area contributed by atoms with Crippen molar-refractivity contribution in [2.45, 2.75) is 6.54 Å². The maximum atomic E-state index is 13.5. The molecule has 0 spiro atoms. The molecule has 0 aliphatic rings. The number of aromatic nitrogens is 1. The highest BCUT2D eigenvalue weighted by molar-refractivity contribution is 9.10. The molecule has 3 rings (SSSR count). The molecule has 0 radical (unpaired) electrons. The van der Waals surface area contributed by atoms with Crippen molar-refractivity contribution in [3.63, 3.8) is 0 Å². The molecule has 2 nitrogen and oxygen atoms in total. The van der Waals surface area contributed by atoms with Crippen molar-refractivity contribution in [1.29, 1.82) is 0 Å². The van der Waals surface area contributed by atoms with Crippen LogP contribution in [0, 0.1) is 5.82 Å². The van der Waals surface area contributed by atoms with E-state index in [1.165, 1.54) is 6.07 Å². The minimum absolute atomic E-state index is 0.271. The van der Waals surface area contributed by atoms with Gasteiger partial charge < -0.3 is 4.57 Å². The average Bonchev–Trinajstić information content (AvgIpc) is 2.86. The predicted octanol–water partition coefficient (Wildman–Crippen LogP) is 4.40. The van der Waals surface area contributed by atoms with Gasteiger partial charge in [0.15, 0.2) is 0 Å². The number of benzene rings is 2. The summed E-state index contributed by atoms with van der Waals surface area (Å²) in [5.41, 5.74) is 2.46. The Balaban J connectivity index is 2.06. The van der Waals surface area contributed by atoms with Gasteiger partial charge in [-0.3, -0.25) is 4.79 Å². The Morgan fingerprint density at radius 3 is 2.85 bits per heavy atom. The van der Waals surface area contributed by atoms with E-state index in [0.29, 0.717) is 16.6 Å². The Morgan fingerprint density at radius 1 is 1.20 bits per heavy atom. The quantitative estimate of drug-likeness (QED) is 0.652. The van der Waals surface area contributed by atoms with Crippen LogP contribution in [0.15, 0.2) is 53.1 Å². The molecule has 4 heteroatoms. The summed E-state index contributed by atoms with van der Waals surface area (Å²) in [5, 5.41) is 1.06. The van der Waals surface area contributed by atoms with Crippen molar-refractivity contribution >= 4 is 33.1 Å². The monoisotopic (exact) mass is 331 g/mol. The van der Waals surface area contributed by atoms with E-state index in [4.69, 9.17) is 0 Å². The molecule has 0 saturated heterocycles. The molecule has 1 aromatic heterocycles. The van der Waals surface area contributed by atoms with Gasteiger partial charge in [-0.1, -0.05) is 24.3 Å². The number of nitrogens with zero attached hydrogens (tertiary/aromatic N) is 1. The molecule has 1 heterocycles. The van der Waals surface area contributed by atoms with Gasteiger partial charge in [-0.25, -0.2) is 4.39 Å². The Bertz CT molecular complexity index is 794. The standard InChI is InChI=1S/C16H11BrFNO/c17-16-13(2-1-3-14(16)18)9-19-7-6-12-5-4-11(10-20)8-15(12)19/h1-8,10H,9H2. The van der Waals surface area contributed by atoms with Gasteiger partial charge in [-0.15, -0.1) is 0 Å². The lowest BCUT2D eigenvalue weighted by atomic mass is 10.2. The van der Waals surface area contributed by atoms with Crippen molar-refractivity contribution in [3.8, 4) is 0 Å². The van der Waals surface area contributed by atoms with Gasteiger partial charge >= 0.3 is 0 Å². The predicted molar refractivity (Wildman–Crippen MR) is 80.5 cm³/mol. The minimum Gasteiger partial charge on any atom is -0.343 e. The molecule has 3 aromatic rings. The molecule has 20 heavy (non-hydrogen) atoms. The molecule has 2 aromatic carbocycles. The van der Waals surface area contributed by atoms with E-state index in [9.17, 15) is 9.18 Å². The van der Waals surface area contributed by atoms with E-state index in [2.05, 4.69) is 15.9 Å². The summed E-state index contributed by atoms with van der Waals surface area (Å²) >= 11 is 3.27. The summed E-state index contributed by atoms with van der Waals surface area (Å²) in [6.07, 6.45) is 2.77. The van der Waals surface area contributed by atoms with Crippen LogP contribution in [0.4, 0.5) is 4.39 Å². The third-order valence-corrected chi connectivity index (χ3v) is 4.19. The maximum absolute atomic E-state index is 13.5. The molecule has 0 saturated carbocycles. The van der Waals surface area contributed by atoms with E-state index in [1.807, 2.05) is 35.0 Å². The number of hydrogen-bond acceptors (Lipinski definition) is 1. The largest absolute Gasteiger partial charge is 0.343 e. The number of halogens is 2. The molecule has 0 N–H and O–H groups in total. The smallest absolute Gasteiger partial charge is 0.150 e. The van der Waals surface area contributed by atoms with Crippen LogP contribution >= 0.6 is 15.9 Å². The van der Waals surface area contributed by atoms with Gasteiger partial charge in [0.25, 0.3) is 0 Å². The van der Waals surface area contributed by atoms with Crippen LogP contribution < -0.4 is 0 Å². The molecule has 0 amide bonds. The maximum Gasteiger partial charge on any atom is 0.150 e. The molecular formula is C16H11BrFNO. The number of carbonyl (C=O) groups is 1. The third-order valence-electron chi connectivity index (χ3n) is 3.31. The average molecular weight is 332 g/mol. The minimum atomic E-state index is -0.271. The van der Waals surface area contributed by atoms with Crippen LogP contribution in [-0.2, 0) is 6.54 Å². The van der Waals surface area contributed by atoms with E-state index >= 15 is 0 Å². The molecule has 0 bridgehead atoms. The lowest BCUT2D eigenvalue weighted by Gasteiger charge is -2.08. The number of hydrogen-bond donors (Lipinski definition) is 0. The highest BCUT2D eigenvalue weighted by Gasteiger charge is 2.08. The van der Waals surface area contributed by atoms with E-state index in [-0.39, 0.29) is 5.82 Å². The van der Waals surface area contributed by atoms with Gasteiger partial charge in [-0.05, 0) is 45.1 Å². The molecule has 0 aliphatic carbocycles. The zero-order valence-electron chi connectivity index (χ0n) is 10.5. The Hall–Kier alpha value is -1.94. The van der Waals surface area contributed by atoms with Crippen molar-refractivity contribution in [1.82, 2.24) is 4.57 Å². The van der Waals surface area contributed by atoms with Crippen molar-refractivity contribution < 1.29 is 9.18 Å². The zero-order chi connectivity index (χ0) is 14.1. The lowest BCUT2D eigenvalue weighted by Crippen LogP contribution is -2.00. The Labute approximate surface area is 124 Å².